The number of carbonyl (C=O) groups excluding carboxylic acids is 2. The predicted molar refractivity (Wildman–Crippen MR) is 95.2 cm³/mol. The first-order valence-corrected chi connectivity index (χ1v) is 8.28. The number of carbonyl (C=O) groups is 2. The first kappa shape index (κ1) is 17.4. The van der Waals surface area contributed by atoms with Gasteiger partial charge in [-0.3, -0.25) is 9.59 Å². The number of halogens is 1. The summed E-state index contributed by atoms with van der Waals surface area (Å²) >= 11 is 3.31. The number of benzene rings is 2. The number of ether oxygens (including phenoxy) is 2. The molecular formula is C18H16BrNO5. The Hall–Kier alpha value is -2.38. The number of nitrogens with one attached hydrogen (secondary N) is 1. The SMILES string of the molecule is COc1cccc(C(=O)CC2(O)C(=O)Nc3cc(Br)ccc32)c1OC. The average Bonchev–Trinajstić information content (AvgIpc) is 2.83. The third kappa shape index (κ3) is 2.89. The minimum Gasteiger partial charge on any atom is -0.493 e. The highest BCUT2D eigenvalue weighted by Gasteiger charge is 2.47. The van der Waals surface area contributed by atoms with Gasteiger partial charge in [-0.25, -0.2) is 0 Å². The van der Waals surface area contributed by atoms with Gasteiger partial charge in [-0.2, -0.15) is 0 Å². The molecule has 0 aromatic heterocycles. The van der Waals surface area contributed by atoms with Crippen molar-refractivity contribution in [1.82, 2.24) is 0 Å². The van der Waals surface area contributed by atoms with E-state index in [-0.39, 0.29) is 11.3 Å². The van der Waals surface area contributed by atoms with E-state index in [2.05, 4.69) is 21.2 Å². The molecule has 0 spiro atoms. The van der Waals surface area contributed by atoms with Crippen molar-refractivity contribution in [2.75, 3.05) is 19.5 Å². The highest BCUT2D eigenvalue weighted by atomic mass is 79.9. The van der Waals surface area contributed by atoms with Crippen molar-refractivity contribution in [1.29, 1.82) is 0 Å². The van der Waals surface area contributed by atoms with Crippen molar-refractivity contribution in [3.8, 4) is 11.5 Å². The minimum atomic E-state index is -1.93. The van der Waals surface area contributed by atoms with Gasteiger partial charge in [0.2, 0.25) is 0 Å². The molecule has 1 amide bonds. The van der Waals surface area contributed by atoms with Crippen molar-refractivity contribution in [2.45, 2.75) is 12.0 Å². The molecule has 0 saturated carbocycles. The maximum atomic E-state index is 12.8. The fourth-order valence-corrected chi connectivity index (χ4v) is 3.30. The van der Waals surface area contributed by atoms with Gasteiger partial charge < -0.3 is 19.9 Å². The van der Waals surface area contributed by atoms with Crippen molar-refractivity contribution in [3.63, 3.8) is 0 Å². The van der Waals surface area contributed by atoms with Gasteiger partial charge in [0.05, 0.1) is 26.2 Å². The second kappa shape index (κ2) is 6.50. The summed E-state index contributed by atoms with van der Waals surface area (Å²) in [6.45, 7) is 0. The first-order chi connectivity index (χ1) is 11.9. The van der Waals surface area contributed by atoms with E-state index in [0.717, 1.165) is 4.47 Å². The number of amides is 1. The van der Waals surface area contributed by atoms with Crippen LogP contribution < -0.4 is 14.8 Å². The molecule has 130 valence electrons. The van der Waals surface area contributed by atoms with Crippen molar-refractivity contribution in [2.24, 2.45) is 0 Å². The topological polar surface area (TPSA) is 84.9 Å². The zero-order valence-electron chi connectivity index (χ0n) is 13.6. The standard InChI is InChI=1S/C18H16BrNO5/c1-24-15-5-3-4-11(16(15)25-2)14(21)9-18(23)12-7-6-10(19)8-13(12)20-17(18)22/h3-8,23H,9H2,1-2H3,(H,20,22). The van der Waals surface area contributed by atoms with Crippen LogP contribution in [0, 0.1) is 0 Å². The van der Waals surface area contributed by atoms with E-state index in [9.17, 15) is 14.7 Å². The number of methoxy groups -OCH3 is 2. The number of hydrogen-bond donors (Lipinski definition) is 2. The van der Waals surface area contributed by atoms with E-state index < -0.39 is 23.7 Å². The maximum absolute atomic E-state index is 12.8. The normalized spacial score (nSPS) is 18.5. The molecule has 0 bridgehead atoms. The fourth-order valence-electron chi connectivity index (χ4n) is 2.94. The molecule has 0 saturated heterocycles. The minimum absolute atomic E-state index is 0.244. The van der Waals surface area contributed by atoms with Gasteiger partial charge in [-0.05, 0) is 24.3 Å². The van der Waals surface area contributed by atoms with E-state index in [0.29, 0.717) is 17.0 Å². The largest absolute Gasteiger partial charge is 0.493 e. The predicted octanol–water partition coefficient (Wildman–Crippen LogP) is 2.88. The number of para-hydroxylation sites is 1. The summed E-state index contributed by atoms with van der Waals surface area (Å²) < 4.78 is 11.2. The lowest BCUT2D eigenvalue weighted by atomic mass is 9.88. The molecule has 0 fully saturated rings. The van der Waals surface area contributed by atoms with E-state index >= 15 is 0 Å². The summed E-state index contributed by atoms with van der Waals surface area (Å²) in [5, 5.41) is 13.5. The zero-order valence-corrected chi connectivity index (χ0v) is 15.2. The lowest BCUT2D eigenvalue weighted by Gasteiger charge is -2.21. The molecule has 2 aromatic carbocycles. The summed E-state index contributed by atoms with van der Waals surface area (Å²) in [6, 6.07) is 9.90. The number of aliphatic hydroxyl groups is 1. The van der Waals surface area contributed by atoms with Crippen molar-refractivity contribution in [3.05, 3.63) is 52.0 Å². The van der Waals surface area contributed by atoms with E-state index in [1.807, 2.05) is 0 Å². The molecular weight excluding hydrogens is 390 g/mol. The van der Waals surface area contributed by atoms with Gasteiger partial charge in [0.1, 0.15) is 0 Å². The lowest BCUT2D eigenvalue weighted by molar-refractivity contribution is -0.133. The Kier molecular flexibility index (Phi) is 4.53. The van der Waals surface area contributed by atoms with Gasteiger partial charge >= 0.3 is 0 Å². The molecule has 6 nitrogen and oxygen atoms in total. The fraction of sp³-hybridized carbons (Fsp3) is 0.222. The Morgan fingerprint density at radius 2 is 2.00 bits per heavy atom. The second-order valence-electron chi connectivity index (χ2n) is 5.65. The average molecular weight is 406 g/mol. The molecule has 1 atom stereocenters. The highest BCUT2D eigenvalue weighted by Crippen LogP contribution is 2.41. The number of hydrogen-bond acceptors (Lipinski definition) is 5. The molecule has 25 heavy (non-hydrogen) atoms. The summed E-state index contributed by atoms with van der Waals surface area (Å²) in [4.78, 5) is 25.1. The number of rotatable bonds is 5. The van der Waals surface area contributed by atoms with Gasteiger partial charge in [0, 0.05) is 15.7 Å². The van der Waals surface area contributed by atoms with E-state index in [1.165, 1.54) is 14.2 Å². The van der Waals surface area contributed by atoms with E-state index in [1.54, 1.807) is 36.4 Å². The highest BCUT2D eigenvalue weighted by molar-refractivity contribution is 9.10. The van der Waals surface area contributed by atoms with E-state index in [4.69, 9.17) is 9.47 Å². The molecule has 7 heteroatoms. The summed E-state index contributed by atoms with van der Waals surface area (Å²) in [6.07, 6.45) is -0.406. The third-order valence-corrected chi connectivity index (χ3v) is 4.66. The Morgan fingerprint density at radius 1 is 1.24 bits per heavy atom. The van der Waals surface area contributed by atoms with Crippen LogP contribution in [0.4, 0.5) is 5.69 Å². The van der Waals surface area contributed by atoms with Crippen LogP contribution >= 0.6 is 15.9 Å². The Bertz CT molecular complexity index is 867. The molecule has 1 aliphatic heterocycles. The molecule has 0 aliphatic carbocycles. The second-order valence-corrected chi connectivity index (χ2v) is 6.56. The molecule has 2 aromatic rings. The van der Waals surface area contributed by atoms with Crippen LogP contribution in [0.1, 0.15) is 22.3 Å². The Balaban J connectivity index is 1.98. The van der Waals surface area contributed by atoms with Gasteiger partial charge in [-0.15, -0.1) is 0 Å². The Labute approximate surface area is 152 Å². The smallest absolute Gasteiger partial charge is 0.261 e. The molecule has 1 heterocycles. The van der Waals surface area contributed by atoms with Crippen LogP contribution in [0.3, 0.4) is 0 Å². The third-order valence-electron chi connectivity index (χ3n) is 4.17. The zero-order chi connectivity index (χ0) is 18.2. The van der Waals surface area contributed by atoms with Crippen LogP contribution in [-0.2, 0) is 10.4 Å². The molecule has 0 radical (unpaired) electrons. The van der Waals surface area contributed by atoms with Gasteiger partial charge in [-0.1, -0.05) is 28.1 Å². The van der Waals surface area contributed by atoms with Crippen molar-refractivity contribution < 1.29 is 24.2 Å². The van der Waals surface area contributed by atoms with Crippen LogP contribution in [0.2, 0.25) is 0 Å². The quantitative estimate of drug-likeness (QED) is 0.747. The number of Topliss-reactive ketones (excluding diaryl/α,β-unsaturated/α-hetero) is 1. The lowest BCUT2D eigenvalue weighted by Crippen LogP contribution is -2.36. The van der Waals surface area contributed by atoms with Crippen LogP contribution in [-0.4, -0.2) is 31.0 Å². The van der Waals surface area contributed by atoms with Gasteiger partial charge in [0.15, 0.2) is 22.9 Å². The number of fused-ring (bicyclic) bond motifs is 1. The summed E-state index contributed by atoms with van der Waals surface area (Å²) in [5.74, 6) is -0.381. The summed E-state index contributed by atoms with van der Waals surface area (Å²) in [7, 11) is 2.90. The summed E-state index contributed by atoms with van der Waals surface area (Å²) in [5.41, 5.74) is -0.835. The van der Waals surface area contributed by atoms with Crippen LogP contribution in [0.15, 0.2) is 40.9 Å². The van der Waals surface area contributed by atoms with Crippen LogP contribution in [0.5, 0.6) is 11.5 Å². The number of anilines is 1. The molecule has 1 unspecified atom stereocenters. The molecule has 1 aliphatic rings. The molecule has 2 N–H and O–H groups in total. The first-order valence-electron chi connectivity index (χ1n) is 7.48. The monoisotopic (exact) mass is 405 g/mol. The maximum Gasteiger partial charge on any atom is 0.261 e. The molecule has 3 rings (SSSR count). The van der Waals surface area contributed by atoms with Gasteiger partial charge in [0.25, 0.3) is 5.91 Å². The van der Waals surface area contributed by atoms with Crippen LogP contribution in [0.25, 0.3) is 0 Å². The van der Waals surface area contributed by atoms with Crippen molar-refractivity contribution >= 4 is 33.3 Å². The Morgan fingerprint density at radius 3 is 2.68 bits per heavy atom. The number of ketones is 1.